The van der Waals surface area contributed by atoms with Crippen LogP contribution in [0, 0.1) is 0 Å². The number of hydrogen-bond acceptors (Lipinski definition) is 2. The summed E-state index contributed by atoms with van der Waals surface area (Å²) < 4.78 is 0. The summed E-state index contributed by atoms with van der Waals surface area (Å²) in [6.45, 7) is 2.14. The van der Waals surface area contributed by atoms with Crippen molar-refractivity contribution in [2.24, 2.45) is 5.73 Å². The smallest absolute Gasteiger partial charge is 0.156 e. The van der Waals surface area contributed by atoms with Gasteiger partial charge >= 0.3 is 0 Å². The fourth-order valence-corrected chi connectivity index (χ4v) is 2.72. The first-order valence-corrected chi connectivity index (χ1v) is 7.04. The van der Waals surface area contributed by atoms with Crippen molar-refractivity contribution >= 4 is 5.78 Å². The SMILES string of the molecule is CCc1ccc(CC(=O)C2(N)CCCCC2)cc1. The summed E-state index contributed by atoms with van der Waals surface area (Å²) in [7, 11) is 0. The van der Waals surface area contributed by atoms with Gasteiger partial charge in [-0.15, -0.1) is 0 Å². The van der Waals surface area contributed by atoms with Gasteiger partial charge in [0.2, 0.25) is 0 Å². The zero-order chi connectivity index (χ0) is 13.0. The van der Waals surface area contributed by atoms with Crippen LogP contribution in [0.15, 0.2) is 24.3 Å². The normalized spacial score (nSPS) is 18.6. The molecule has 2 N–H and O–H groups in total. The van der Waals surface area contributed by atoms with Crippen LogP contribution in [-0.4, -0.2) is 11.3 Å². The molecule has 0 unspecified atom stereocenters. The van der Waals surface area contributed by atoms with Crippen molar-refractivity contribution in [3.63, 3.8) is 0 Å². The van der Waals surface area contributed by atoms with Crippen molar-refractivity contribution < 1.29 is 4.79 Å². The largest absolute Gasteiger partial charge is 0.319 e. The molecule has 1 saturated carbocycles. The number of aryl methyl sites for hydroxylation is 1. The number of hydrogen-bond donors (Lipinski definition) is 1. The van der Waals surface area contributed by atoms with E-state index in [2.05, 4.69) is 31.2 Å². The number of carbonyl (C=O) groups is 1. The van der Waals surface area contributed by atoms with Crippen molar-refractivity contribution in [1.29, 1.82) is 0 Å². The molecule has 98 valence electrons. The van der Waals surface area contributed by atoms with Crippen molar-refractivity contribution in [1.82, 2.24) is 0 Å². The molecule has 1 aliphatic carbocycles. The predicted octanol–water partition coefficient (Wildman–Crippen LogP) is 3.02. The first kappa shape index (κ1) is 13.3. The average molecular weight is 245 g/mol. The Morgan fingerprint density at radius 1 is 1.11 bits per heavy atom. The molecule has 0 spiro atoms. The number of ketones is 1. The second kappa shape index (κ2) is 5.66. The zero-order valence-electron chi connectivity index (χ0n) is 11.2. The third-order valence-electron chi connectivity index (χ3n) is 4.10. The molecular weight excluding hydrogens is 222 g/mol. The summed E-state index contributed by atoms with van der Waals surface area (Å²) in [5, 5.41) is 0. The summed E-state index contributed by atoms with van der Waals surface area (Å²) in [5.41, 5.74) is 8.10. The molecule has 0 heterocycles. The lowest BCUT2D eigenvalue weighted by molar-refractivity contribution is -0.124. The molecule has 0 atom stereocenters. The third kappa shape index (κ3) is 2.99. The van der Waals surface area contributed by atoms with E-state index >= 15 is 0 Å². The van der Waals surface area contributed by atoms with Gasteiger partial charge in [0.15, 0.2) is 5.78 Å². The van der Waals surface area contributed by atoms with E-state index in [4.69, 9.17) is 5.73 Å². The van der Waals surface area contributed by atoms with E-state index < -0.39 is 5.54 Å². The van der Waals surface area contributed by atoms with Gasteiger partial charge in [-0.1, -0.05) is 50.5 Å². The standard InChI is InChI=1S/C16H23NO/c1-2-13-6-8-14(9-7-13)12-15(18)16(17)10-4-3-5-11-16/h6-9H,2-5,10-12,17H2,1H3. The number of Topliss-reactive ketones (excluding diaryl/α,β-unsaturated/α-hetero) is 1. The molecule has 2 nitrogen and oxygen atoms in total. The van der Waals surface area contributed by atoms with Crippen molar-refractivity contribution in [3.8, 4) is 0 Å². The molecule has 0 saturated heterocycles. The second-order valence-corrected chi connectivity index (χ2v) is 5.49. The highest BCUT2D eigenvalue weighted by molar-refractivity contribution is 5.90. The van der Waals surface area contributed by atoms with Gasteiger partial charge in [-0.25, -0.2) is 0 Å². The highest BCUT2D eigenvalue weighted by Gasteiger charge is 2.34. The van der Waals surface area contributed by atoms with E-state index in [-0.39, 0.29) is 5.78 Å². The maximum absolute atomic E-state index is 12.3. The van der Waals surface area contributed by atoms with Gasteiger partial charge in [-0.3, -0.25) is 4.79 Å². The van der Waals surface area contributed by atoms with E-state index in [1.807, 2.05) is 0 Å². The maximum Gasteiger partial charge on any atom is 0.156 e. The van der Waals surface area contributed by atoms with Gasteiger partial charge in [0.25, 0.3) is 0 Å². The summed E-state index contributed by atoms with van der Waals surface area (Å²) in [5.74, 6) is 0.214. The molecule has 1 aromatic carbocycles. The zero-order valence-corrected chi connectivity index (χ0v) is 11.2. The van der Waals surface area contributed by atoms with Crippen molar-refractivity contribution in [3.05, 3.63) is 35.4 Å². The Bertz CT molecular complexity index is 402. The molecule has 1 aromatic rings. The van der Waals surface area contributed by atoms with Crippen LogP contribution >= 0.6 is 0 Å². The Morgan fingerprint density at radius 3 is 2.22 bits per heavy atom. The summed E-state index contributed by atoms with van der Waals surface area (Å²) in [6, 6.07) is 8.32. The molecule has 0 aliphatic heterocycles. The fraction of sp³-hybridized carbons (Fsp3) is 0.562. The quantitative estimate of drug-likeness (QED) is 0.886. The molecule has 2 rings (SSSR count). The Morgan fingerprint density at radius 2 is 1.67 bits per heavy atom. The Hall–Kier alpha value is -1.15. The highest BCUT2D eigenvalue weighted by atomic mass is 16.1. The third-order valence-corrected chi connectivity index (χ3v) is 4.10. The van der Waals surface area contributed by atoms with Crippen LogP contribution in [0.2, 0.25) is 0 Å². The number of nitrogens with two attached hydrogens (primary N) is 1. The minimum atomic E-state index is -0.554. The molecule has 2 heteroatoms. The topological polar surface area (TPSA) is 43.1 Å². The number of rotatable bonds is 4. The van der Waals surface area contributed by atoms with Crippen LogP contribution in [0.4, 0.5) is 0 Å². The summed E-state index contributed by atoms with van der Waals surface area (Å²) in [6.07, 6.45) is 6.65. The summed E-state index contributed by atoms with van der Waals surface area (Å²) in [4.78, 5) is 12.3. The van der Waals surface area contributed by atoms with E-state index in [0.717, 1.165) is 37.7 Å². The molecule has 0 bridgehead atoms. The lowest BCUT2D eigenvalue weighted by atomic mass is 9.78. The molecule has 0 amide bonds. The van der Waals surface area contributed by atoms with Crippen LogP contribution in [0.3, 0.4) is 0 Å². The predicted molar refractivity (Wildman–Crippen MR) is 74.5 cm³/mol. The maximum atomic E-state index is 12.3. The minimum absolute atomic E-state index is 0.214. The molecular formula is C16H23NO. The lowest BCUT2D eigenvalue weighted by Crippen LogP contribution is -2.50. The number of carbonyl (C=O) groups excluding carboxylic acids is 1. The van der Waals surface area contributed by atoms with Gasteiger partial charge in [-0.05, 0) is 30.4 Å². The number of benzene rings is 1. The second-order valence-electron chi connectivity index (χ2n) is 5.49. The van der Waals surface area contributed by atoms with Gasteiger partial charge < -0.3 is 5.73 Å². The van der Waals surface area contributed by atoms with Gasteiger partial charge in [0.1, 0.15) is 0 Å². The van der Waals surface area contributed by atoms with E-state index in [1.165, 1.54) is 12.0 Å². The summed E-state index contributed by atoms with van der Waals surface area (Å²) >= 11 is 0. The lowest BCUT2D eigenvalue weighted by Gasteiger charge is -2.31. The Balaban J connectivity index is 2.01. The molecule has 0 aromatic heterocycles. The molecule has 18 heavy (non-hydrogen) atoms. The van der Waals surface area contributed by atoms with Crippen LogP contribution in [-0.2, 0) is 17.6 Å². The molecule has 1 fully saturated rings. The fourth-order valence-electron chi connectivity index (χ4n) is 2.72. The van der Waals surface area contributed by atoms with Gasteiger partial charge in [0.05, 0.1) is 5.54 Å². The molecule has 0 radical (unpaired) electrons. The first-order chi connectivity index (χ1) is 8.64. The van der Waals surface area contributed by atoms with Crippen molar-refractivity contribution in [2.45, 2.75) is 57.4 Å². The van der Waals surface area contributed by atoms with Crippen LogP contribution in [0.25, 0.3) is 0 Å². The first-order valence-electron chi connectivity index (χ1n) is 7.04. The Kier molecular flexibility index (Phi) is 4.18. The van der Waals surface area contributed by atoms with E-state index in [0.29, 0.717) is 6.42 Å². The van der Waals surface area contributed by atoms with Crippen LogP contribution < -0.4 is 5.73 Å². The van der Waals surface area contributed by atoms with E-state index in [1.54, 1.807) is 0 Å². The van der Waals surface area contributed by atoms with Crippen LogP contribution in [0.1, 0.15) is 50.2 Å². The van der Waals surface area contributed by atoms with Crippen LogP contribution in [0.5, 0.6) is 0 Å². The van der Waals surface area contributed by atoms with Crippen molar-refractivity contribution in [2.75, 3.05) is 0 Å². The van der Waals surface area contributed by atoms with Gasteiger partial charge in [-0.2, -0.15) is 0 Å². The van der Waals surface area contributed by atoms with Gasteiger partial charge in [0, 0.05) is 6.42 Å². The highest BCUT2D eigenvalue weighted by Crippen LogP contribution is 2.27. The average Bonchev–Trinajstić information content (AvgIpc) is 2.40. The monoisotopic (exact) mass is 245 g/mol. The minimum Gasteiger partial charge on any atom is -0.319 e. The Labute approximate surface area is 110 Å². The van der Waals surface area contributed by atoms with E-state index in [9.17, 15) is 4.79 Å². The molecule has 1 aliphatic rings.